The Morgan fingerprint density at radius 3 is 2.95 bits per heavy atom. The van der Waals surface area contributed by atoms with Gasteiger partial charge < -0.3 is 9.64 Å². The molecule has 1 aromatic carbocycles. The summed E-state index contributed by atoms with van der Waals surface area (Å²) in [6, 6.07) is 8.97. The van der Waals surface area contributed by atoms with Gasteiger partial charge in [-0.15, -0.1) is 0 Å². The van der Waals surface area contributed by atoms with Gasteiger partial charge in [0.1, 0.15) is 11.8 Å². The Kier molecular flexibility index (Phi) is 4.19. The van der Waals surface area contributed by atoms with Gasteiger partial charge in [0.05, 0.1) is 5.56 Å². The van der Waals surface area contributed by atoms with E-state index in [-0.39, 0.29) is 12.5 Å². The van der Waals surface area contributed by atoms with Crippen molar-refractivity contribution >= 4 is 5.91 Å². The third-order valence-electron chi connectivity index (χ3n) is 3.15. The van der Waals surface area contributed by atoms with Gasteiger partial charge in [-0.3, -0.25) is 4.79 Å². The molecule has 0 aromatic heterocycles. The molecule has 1 aliphatic rings. The maximum Gasteiger partial charge on any atom is 0.260 e. The number of benzene rings is 1. The van der Waals surface area contributed by atoms with Crippen molar-refractivity contribution in [2.24, 2.45) is 0 Å². The van der Waals surface area contributed by atoms with Crippen LogP contribution in [0.1, 0.15) is 18.9 Å². The average molecular weight is 256 g/mol. The zero-order valence-electron chi connectivity index (χ0n) is 10.9. The van der Waals surface area contributed by atoms with Crippen LogP contribution in [0.25, 0.3) is 0 Å². The highest BCUT2D eigenvalue weighted by Crippen LogP contribution is 2.17. The molecule has 1 heterocycles. The maximum absolute atomic E-state index is 12.0. The second-order valence-corrected chi connectivity index (χ2v) is 4.54. The highest BCUT2D eigenvalue weighted by Gasteiger charge is 2.16. The summed E-state index contributed by atoms with van der Waals surface area (Å²) in [7, 11) is 0. The number of hydrogen-bond acceptors (Lipinski definition) is 3. The van der Waals surface area contributed by atoms with E-state index in [0.29, 0.717) is 17.9 Å². The van der Waals surface area contributed by atoms with E-state index < -0.39 is 0 Å². The second-order valence-electron chi connectivity index (χ2n) is 4.54. The quantitative estimate of drug-likeness (QED) is 0.778. The molecule has 19 heavy (non-hydrogen) atoms. The first-order valence-electron chi connectivity index (χ1n) is 6.26. The summed E-state index contributed by atoms with van der Waals surface area (Å²) in [6.07, 6.45) is 2.98. The monoisotopic (exact) mass is 256 g/mol. The minimum Gasteiger partial charge on any atom is -0.482 e. The van der Waals surface area contributed by atoms with Crippen molar-refractivity contribution in [1.29, 1.82) is 5.26 Å². The smallest absolute Gasteiger partial charge is 0.260 e. The van der Waals surface area contributed by atoms with E-state index in [0.717, 1.165) is 13.0 Å². The number of carbonyl (C=O) groups is 1. The van der Waals surface area contributed by atoms with E-state index in [1.165, 1.54) is 5.57 Å². The average Bonchev–Trinajstić information content (AvgIpc) is 2.45. The van der Waals surface area contributed by atoms with E-state index in [4.69, 9.17) is 10.00 Å². The first-order valence-corrected chi connectivity index (χ1v) is 6.26. The van der Waals surface area contributed by atoms with Gasteiger partial charge in [0.25, 0.3) is 5.91 Å². The Morgan fingerprint density at radius 2 is 2.26 bits per heavy atom. The standard InChI is InChI=1S/C15H16N2O2/c1-12-6-8-17(9-7-12)15(18)11-19-14-5-3-2-4-13(14)10-16/h2-6H,7-9,11H2,1H3. The molecule has 1 aromatic rings. The zero-order valence-corrected chi connectivity index (χ0v) is 10.9. The highest BCUT2D eigenvalue weighted by molar-refractivity contribution is 5.78. The predicted octanol–water partition coefficient (Wildman–Crippen LogP) is 2.12. The van der Waals surface area contributed by atoms with Crippen LogP contribution in [0.5, 0.6) is 5.75 Å². The Morgan fingerprint density at radius 1 is 1.47 bits per heavy atom. The summed E-state index contributed by atoms with van der Waals surface area (Å²) in [5.74, 6) is 0.415. The SMILES string of the molecule is CC1=CCN(C(=O)COc2ccccc2C#N)CC1. The van der Waals surface area contributed by atoms with E-state index in [1.54, 1.807) is 29.2 Å². The fourth-order valence-corrected chi connectivity index (χ4v) is 1.91. The third kappa shape index (κ3) is 3.35. The lowest BCUT2D eigenvalue weighted by Gasteiger charge is -2.25. The molecule has 2 rings (SSSR count). The van der Waals surface area contributed by atoms with Crippen molar-refractivity contribution in [1.82, 2.24) is 4.90 Å². The van der Waals surface area contributed by atoms with Gasteiger partial charge in [-0.2, -0.15) is 5.26 Å². The van der Waals surface area contributed by atoms with Crippen molar-refractivity contribution in [2.75, 3.05) is 19.7 Å². The normalized spacial score (nSPS) is 14.5. The van der Waals surface area contributed by atoms with E-state index in [9.17, 15) is 4.79 Å². The maximum atomic E-state index is 12.0. The molecule has 4 nitrogen and oxygen atoms in total. The molecule has 0 spiro atoms. The number of para-hydroxylation sites is 1. The van der Waals surface area contributed by atoms with Gasteiger partial charge in [-0.1, -0.05) is 23.8 Å². The van der Waals surface area contributed by atoms with Crippen molar-refractivity contribution in [3.8, 4) is 11.8 Å². The lowest BCUT2D eigenvalue weighted by molar-refractivity contribution is -0.133. The van der Waals surface area contributed by atoms with E-state index in [2.05, 4.69) is 13.0 Å². The largest absolute Gasteiger partial charge is 0.482 e. The van der Waals surface area contributed by atoms with Crippen LogP contribution in [0.4, 0.5) is 0 Å². The number of rotatable bonds is 3. The first-order chi connectivity index (χ1) is 9.20. The molecule has 1 amide bonds. The Bertz CT molecular complexity index is 543. The number of hydrogen-bond donors (Lipinski definition) is 0. The van der Waals surface area contributed by atoms with Crippen molar-refractivity contribution in [2.45, 2.75) is 13.3 Å². The summed E-state index contributed by atoms with van der Waals surface area (Å²) in [6.45, 7) is 3.44. The molecule has 0 N–H and O–H groups in total. The van der Waals surface area contributed by atoms with Crippen molar-refractivity contribution in [3.63, 3.8) is 0 Å². The topological polar surface area (TPSA) is 53.3 Å². The Labute approximate surface area is 112 Å². The fraction of sp³-hybridized carbons (Fsp3) is 0.333. The lowest BCUT2D eigenvalue weighted by atomic mass is 10.1. The van der Waals surface area contributed by atoms with Crippen LogP contribution in [-0.2, 0) is 4.79 Å². The Hall–Kier alpha value is -2.28. The van der Waals surface area contributed by atoms with Crippen LogP contribution in [0.2, 0.25) is 0 Å². The number of nitrogens with zero attached hydrogens (tertiary/aromatic N) is 2. The number of amides is 1. The van der Waals surface area contributed by atoms with Gasteiger partial charge in [-0.05, 0) is 25.5 Å². The van der Waals surface area contributed by atoms with Crippen LogP contribution >= 0.6 is 0 Å². The molecule has 4 heteroatoms. The van der Waals surface area contributed by atoms with Gasteiger partial charge in [0.15, 0.2) is 6.61 Å². The van der Waals surface area contributed by atoms with Crippen LogP contribution in [-0.4, -0.2) is 30.5 Å². The molecule has 1 aliphatic heterocycles. The molecular weight excluding hydrogens is 240 g/mol. The molecule has 0 atom stereocenters. The molecule has 0 unspecified atom stereocenters. The van der Waals surface area contributed by atoms with Gasteiger partial charge in [-0.25, -0.2) is 0 Å². The summed E-state index contributed by atoms with van der Waals surface area (Å²) >= 11 is 0. The van der Waals surface area contributed by atoms with Gasteiger partial charge >= 0.3 is 0 Å². The number of nitriles is 1. The molecule has 0 fully saturated rings. The molecular formula is C15H16N2O2. The second kappa shape index (κ2) is 6.05. The minimum atomic E-state index is -0.0449. The molecule has 0 aliphatic carbocycles. The summed E-state index contributed by atoms with van der Waals surface area (Å²) in [5.41, 5.74) is 1.77. The van der Waals surface area contributed by atoms with Crippen LogP contribution in [0.3, 0.4) is 0 Å². The molecule has 0 saturated carbocycles. The van der Waals surface area contributed by atoms with Crippen molar-refractivity contribution in [3.05, 3.63) is 41.5 Å². The lowest BCUT2D eigenvalue weighted by Crippen LogP contribution is -2.37. The van der Waals surface area contributed by atoms with Crippen LogP contribution in [0, 0.1) is 11.3 Å². The fourth-order valence-electron chi connectivity index (χ4n) is 1.91. The summed E-state index contributed by atoms with van der Waals surface area (Å²) in [4.78, 5) is 13.7. The number of ether oxygens (including phenoxy) is 1. The molecule has 0 radical (unpaired) electrons. The Balaban J connectivity index is 1.92. The predicted molar refractivity (Wildman–Crippen MR) is 71.6 cm³/mol. The first kappa shape index (κ1) is 13.2. The molecule has 0 saturated heterocycles. The minimum absolute atomic E-state index is 0.0222. The molecule has 98 valence electrons. The van der Waals surface area contributed by atoms with E-state index >= 15 is 0 Å². The third-order valence-corrected chi connectivity index (χ3v) is 3.15. The molecule has 0 bridgehead atoms. The van der Waals surface area contributed by atoms with Crippen LogP contribution < -0.4 is 4.74 Å². The van der Waals surface area contributed by atoms with E-state index in [1.807, 2.05) is 6.07 Å². The summed E-state index contributed by atoms with van der Waals surface area (Å²) in [5, 5.41) is 8.93. The van der Waals surface area contributed by atoms with Crippen LogP contribution in [0.15, 0.2) is 35.9 Å². The highest BCUT2D eigenvalue weighted by atomic mass is 16.5. The van der Waals surface area contributed by atoms with Gasteiger partial charge in [0.2, 0.25) is 0 Å². The number of carbonyl (C=O) groups excluding carboxylic acids is 1. The summed E-state index contributed by atoms with van der Waals surface area (Å²) < 4.78 is 5.44. The van der Waals surface area contributed by atoms with Crippen molar-refractivity contribution < 1.29 is 9.53 Å². The zero-order chi connectivity index (χ0) is 13.7. The van der Waals surface area contributed by atoms with Gasteiger partial charge in [0, 0.05) is 13.1 Å².